The van der Waals surface area contributed by atoms with Gasteiger partial charge in [0.05, 0.1) is 12.5 Å². The van der Waals surface area contributed by atoms with Crippen LogP contribution in [0, 0.1) is 5.92 Å². The Bertz CT molecular complexity index is 637. The minimum absolute atomic E-state index is 0.0229. The molecule has 0 spiro atoms. The third kappa shape index (κ3) is 3.88. The number of hydrogen-bond acceptors (Lipinski definition) is 4. The van der Waals surface area contributed by atoms with Crippen molar-refractivity contribution in [2.75, 3.05) is 0 Å². The summed E-state index contributed by atoms with van der Waals surface area (Å²) in [5.41, 5.74) is 0.817. The van der Waals surface area contributed by atoms with Crippen molar-refractivity contribution < 1.29 is 9.90 Å². The molecule has 112 valence electrons. The van der Waals surface area contributed by atoms with Gasteiger partial charge in [-0.15, -0.1) is 5.10 Å². The summed E-state index contributed by atoms with van der Waals surface area (Å²) < 4.78 is 3.37. The Hall–Kier alpha value is -1.28. The summed E-state index contributed by atoms with van der Waals surface area (Å²) in [6.45, 7) is 3.91. The lowest BCUT2D eigenvalue weighted by Gasteiger charge is -2.20. The summed E-state index contributed by atoms with van der Waals surface area (Å²) in [6, 6.07) is 5.40. The van der Waals surface area contributed by atoms with Crippen LogP contribution in [0.1, 0.15) is 26.3 Å². The highest BCUT2D eigenvalue weighted by Crippen LogP contribution is 2.30. The summed E-state index contributed by atoms with van der Waals surface area (Å²) in [5, 5.41) is 20.8. The second kappa shape index (κ2) is 6.65. The van der Waals surface area contributed by atoms with Crippen LogP contribution in [0.4, 0.5) is 0 Å². The molecule has 1 aromatic carbocycles. The van der Waals surface area contributed by atoms with Gasteiger partial charge in [-0.3, -0.25) is 4.79 Å². The molecule has 0 saturated heterocycles. The molecule has 0 radical (unpaired) electrons. The van der Waals surface area contributed by atoms with Crippen LogP contribution < -0.4 is 0 Å². The first-order valence-electron chi connectivity index (χ1n) is 6.34. The fraction of sp³-hybridized carbons (Fsp3) is 0.385. The van der Waals surface area contributed by atoms with Gasteiger partial charge in [-0.1, -0.05) is 45.7 Å². The third-order valence-corrected chi connectivity index (χ3v) is 4.00. The van der Waals surface area contributed by atoms with Crippen molar-refractivity contribution in [2.24, 2.45) is 5.92 Å². The van der Waals surface area contributed by atoms with Gasteiger partial charge in [0.2, 0.25) is 0 Å². The number of aromatic nitrogens is 4. The van der Waals surface area contributed by atoms with Gasteiger partial charge in [0.25, 0.3) is 0 Å². The molecule has 1 unspecified atom stereocenters. The van der Waals surface area contributed by atoms with Gasteiger partial charge in [-0.05, 0) is 34.5 Å². The van der Waals surface area contributed by atoms with Gasteiger partial charge in [0, 0.05) is 14.5 Å². The zero-order chi connectivity index (χ0) is 15.6. The van der Waals surface area contributed by atoms with Crippen LogP contribution in [0.5, 0.6) is 0 Å². The summed E-state index contributed by atoms with van der Waals surface area (Å²) in [7, 11) is 0. The SMILES string of the molecule is CC(C)C(CC(=O)O)n1nnnc1-c1cc(Br)cc(Br)c1. The van der Waals surface area contributed by atoms with Crippen molar-refractivity contribution >= 4 is 37.8 Å². The highest BCUT2D eigenvalue weighted by molar-refractivity contribution is 9.11. The molecular formula is C13H14Br2N4O2. The molecule has 0 aliphatic rings. The molecule has 1 atom stereocenters. The van der Waals surface area contributed by atoms with Crippen LogP contribution in [0.25, 0.3) is 11.4 Å². The first-order chi connectivity index (χ1) is 9.88. The predicted octanol–water partition coefficient (Wildman–Crippen LogP) is 3.54. The number of rotatable bonds is 5. The summed E-state index contributed by atoms with van der Waals surface area (Å²) in [6.07, 6.45) is -0.0229. The van der Waals surface area contributed by atoms with E-state index in [2.05, 4.69) is 47.4 Å². The van der Waals surface area contributed by atoms with Gasteiger partial charge in [0.1, 0.15) is 0 Å². The smallest absolute Gasteiger partial charge is 0.305 e. The van der Waals surface area contributed by atoms with Crippen LogP contribution in [-0.2, 0) is 4.79 Å². The number of carbonyl (C=O) groups is 1. The molecule has 21 heavy (non-hydrogen) atoms. The van der Waals surface area contributed by atoms with E-state index in [4.69, 9.17) is 5.11 Å². The average molecular weight is 418 g/mol. The standard InChI is InChI=1S/C13H14Br2N4O2/c1-7(2)11(6-12(20)21)19-13(16-17-18-19)8-3-9(14)5-10(15)4-8/h3-5,7,11H,6H2,1-2H3,(H,20,21). The molecule has 0 aliphatic carbocycles. The van der Waals surface area contributed by atoms with E-state index in [-0.39, 0.29) is 18.4 Å². The molecule has 0 saturated carbocycles. The second-order valence-electron chi connectivity index (χ2n) is 5.01. The Morgan fingerprint density at radius 3 is 2.43 bits per heavy atom. The molecule has 1 aromatic heterocycles. The number of benzene rings is 1. The average Bonchev–Trinajstić information content (AvgIpc) is 2.82. The summed E-state index contributed by atoms with van der Waals surface area (Å²) in [5.74, 6) is -0.221. The number of tetrazole rings is 1. The van der Waals surface area contributed by atoms with Gasteiger partial charge < -0.3 is 5.11 Å². The lowest BCUT2D eigenvalue weighted by molar-refractivity contribution is -0.138. The molecule has 1 N–H and O–H groups in total. The van der Waals surface area contributed by atoms with Crippen LogP contribution in [-0.4, -0.2) is 31.3 Å². The van der Waals surface area contributed by atoms with E-state index in [1.54, 1.807) is 4.68 Å². The number of carboxylic acids is 1. The second-order valence-corrected chi connectivity index (χ2v) is 6.85. The van der Waals surface area contributed by atoms with Gasteiger partial charge in [-0.25, -0.2) is 4.68 Å². The fourth-order valence-electron chi connectivity index (χ4n) is 2.07. The highest BCUT2D eigenvalue weighted by atomic mass is 79.9. The Morgan fingerprint density at radius 2 is 1.90 bits per heavy atom. The van der Waals surface area contributed by atoms with Crippen molar-refractivity contribution in [3.8, 4) is 11.4 Å². The Morgan fingerprint density at radius 1 is 1.29 bits per heavy atom. The molecule has 2 aromatic rings. The zero-order valence-electron chi connectivity index (χ0n) is 11.5. The maximum atomic E-state index is 11.1. The number of aliphatic carboxylic acids is 1. The number of nitrogens with zero attached hydrogens (tertiary/aromatic N) is 4. The molecular weight excluding hydrogens is 404 g/mol. The fourth-order valence-corrected chi connectivity index (χ4v) is 3.37. The monoisotopic (exact) mass is 416 g/mol. The largest absolute Gasteiger partial charge is 0.481 e. The topological polar surface area (TPSA) is 80.9 Å². The molecule has 2 rings (SSSR count). The molecule has 0 fully saturated rings. The van der Waals surface area contributed by atoms with E-state index < -0.39 is 5.97 Å². The highest BCUT2D eigenvalue weighted by Gasteiger charge is 2.24. The van der Waals surface area contributed by atoms with Crippen molar-refractivity contribution in [3.05, 3.63) is 27.1 Å². The summed E-state index contributed by atoms with van der Waals surface area (Å²) >= 11 is 6.85. The van der Waals surface area contributed by atoms with Crippen LogP contribution >= 0.6 is 31.9 Å². The van der Waals surface area contributed by atoms with Gasteiger partial charge in [0.15, 0.2) is 5.82 Å². The normalized spacial score (nSPS) is 12.6. The van der Waals surface area contributed by atoms with Crippen molar-refractivity contribution in [3.63, 3.8) is 0 Å². The maximum absolute atomic E-state index is 11.1. The van der Waals surface area contributed by atoms with E-state index in [0.717, 1.165) is 14.5 Å². The predicted molar refractivity (Wildman–Crippen MR) is 84.8 cm³/mol. The lowest BCUT2D eigenvalue weighted by atomic mass is 10.0. The Balaban J connectivity index is 2.47. The van der Waals surface area contributed by atoms with E-state index in [1.165, 1.54) is 0 Å². The number of halogens is 2. The molecule has 8 heteroatoms. The van der Waals surface area contributed by atoms with E-state index in [0.29, 0.717) is 5.82 Å². The minimum Gasteiger partial charge on any atom is -0.481 e. The van der Waals surface area contributed by atoms with E-state index in [1.807, 2.05) is 32.0 Å². The maximum Gasteiger partial charge on any atom is 0.305 e. The van der Waals surface area contributed by atoms with Crippen LogP contribution in [0.3, 0.4) is 0 Å². The molecule has 0 bridgehead atoms. The van der Waals surface area contributed by atoms with Gasteiger partial charge >= 0.3 is 5.97 Å². The molecule has 0 aliphatic heterocycles. The Labute approximate surface area is 138 Å². The minimum atomic E-state index is -0.870. The Kier molecular flexibility index (Phi) is 5.10. The zero-order valence-corrected chi connectivity index (χ0v) is 14.7. The number of hydrogen-bond donors (Lipinski definition) is 1. The van der Waals surface area contributed by atoms with Crippen molar-refractivity contribution in [1.29, 1.82) is 0 Å². The van der Waals surface area contributed by atoms with Crippen LogP contribution in [0.15, 0.2) is 27.1 Å². The van der Waals surface area contributed by atoms with E-state index in [9.17, 15) is 4.79 Å². The number of carboxylic acid groups (broad SMARTS) is 1. The van der Waals surface area contributed by atoms with Crippen LogP contribution in [0.2, 0.25) is 0 Å². The molecule has 0 amide bonds. The summed E-state index contributed by atoms with van der Waals surface area (Å²) in [4.78, 5) is 11.1. The quantitative estimate of drug-likeness (QED) is 0.804. The first kappa shape index (κ1) is 16.1. The third-order valence-electron chi connectivity index (χ3n) is 3.08. The molecule has 1 heterocycles. The molecule has 6 nitrogen and oxygen atoms in total. The first-order valence-corrected chi connectivity index (χ1v) is 7.93. The van der Waals surface area contributed by atoms with Crippen molar-refractivity contribution in [1.82, 2.24) is 20.2 Å². The van der Waals surface area contributed by atoms with Crippen molar-refractivity contribution in [2.45, 2.75) is 26.3 Å². The van der Waals surface area contributed by atoms with E-state index >= 15 is 0 Å². The lowest BCUT2D eigenvalue weighted by Crippen LogP contribution is -2.21. The van der Waals surface area contributed by atoms with Gasteiger partial charge in [-0.2, -0.15) is 0 Å².